The number of fused-ring (bicyclic) bond motifs is 3. The lowest BCUT2D eigenvalue weighted by Crippen LogP contribution is -2.43. The molecule has 0 fully saturated rings. The Kier molecular flexibility index (Phi) is 4.29. The van der Waals surface area contributed by atoms with Crippen molar-refractivity contribution < 1.29 is 19.0 Å². The third kappa shape index (κ3) is 2.50. The minimum absolute atomic E-state index is 0.00776. The number of nitrogens with one attached hydrogen (secondary N) is 1. The van der Waals surface area contributed by atoms with Crippen LogP contribution in [0.25, 0.3) is 10.9 Å². The van der Waals surface area contributed by atoms with Crippen molar-refractivity contribution in [2.75, 3.05) is 6.61 Å². The summed E-state index contributed by atoms with van der Waals surface area (Å²) < 4.78 is 20.3. The molecule has 5 nitrogen and oxygen atoms in total. The highest BCUT2D eigenvalue weighted by atomic mass is 19.1. The van der Waals surface area contributed by atoms with E-state index in [1.807, 2.05) is 19.9 Å². The second-order valence-electron chi connectivity index (χ2n) is 6.76. The Hall–Kier alpha value is -2.39. The Morgan fingerprint density at radius 1 is 1.60 bits per heavy atom. The van der Waals surface area contributed by atoms with Gasteiger partial charge in [-0.3, -0.25) is 4.79 Å². The predicted molar refractivity (Wildman–Crippen MR) is 90.8 cm³/mol. The van der Waals surface area contributed by atoms with Crippen molar-refractivity contribution in [2.24, 2.45) is 5.92 Å². The van der Waals surface area contributed by atoms with Crippen LogP contribution in [-0.4, -0.2) is 22.7 Å². The fourth-order valence-corrected chi connectivity index (χ4v) is 3.95. The smallest absolute Gasteiger partial charge is 0.306 e. The fourth-order valence-electron chi connectivity index (χ4n) is 3.95. The minimum Gasteiger partial charge on any atom is -0.481 e. The summed E-state index contributed by atoms with van der Waals surface area (Å²) in [4.78, 5) is 14.8. The largest absolute Gasteiger partial charge is 0.481 e. The quantitative estimate of drug-likeness (QED) is 0.884. The average Bonchev–Trinajstić information content (AvgIpc) is 2.95. The van der Waals surface area contributed by atoms with Crippen LogP contribution < -0.4 is 0 Å². The summed E-state index contributed by atoms with van der Waals surface area (Å²) in [6, 6.07) is 3.30. The number of H-pyrrole nitrogens is 1. The van der Waals surface area contributed by atoms with Gasteiger partial charge in [-0.25, -0.2) is 4.39 Å². The van der Waals surface area contributed by atoms with E-state index in [9.17, 15) is 19.6 Å². The molecule has 132 valence electrons. The predicted octanol–water partition coefficient (Wildman–Crippen LogP) is 3.78. The summed E-state index contributed by atoms with van der Waals surface area (Å²) in [6.45, 7) is 6.07. The van der Waals surface area contributed by atoms with Gasteiger partial charge in [0.2, 0.25) is 0 Å². The Balaban J connectivity index is 2.38. The maximum absolute atomic E-state index is 14.3. The topological polar surface area (TPSA) is 86.1 Å². The normalized spacial score (nSPS) is 20.9. The van der Waals surface area contributed by atoms with E-state index in [0.29, 0.717) is 35.2 Å². The number of nitrogens with zero attached hydrogens (tertiary/aromatic N) is 1. The van der Waals surface area contributed by atoms with Gasteiger partial charge in [0.15, 0.2) is 0 Å². The van der Waals surface area contributed by atoms with Crippen LogP contribution in [-0.2, 0) is 21.6 Å². The van der Waals surface area contributed by atoms with Gasteiger partial charge in [-0.1, -0.05) is 20.3 Å². The number of rotatable bonds is 4. The van der Waals surface area contributed by atoms with E-state index in [4.69, 9.17) is 4.74 Å². The molecule has 2 N–H and O–H groups in total. The molecule has 25 heavy (non-hydrogen) atoms. The zero-order valence-corrected chi connectivity index (χ0v) is 14.6. The minimum atomic E-state index is -0.997. The lowest BCUT2D eigenvalue weighted by Gasteiger charge is -2.40. The summed E-state index contributed by atoms with van der Waals surface area (Å²) in [6.07, 6.45) is 1.08. The molecule has 1 aromatic carbocycles. The SMILES string of the molecule is CCC(C)[C@]1(CC(=O)O)OCCc2c1[nH]c1c(C)cc(F)c(C#N)c21. The van der Waals surface area contributed by atoms with Crippen molar-refractivity contribution in [1.29, 1.82) is 5.26 Å². The molecule has 6 heteroatoms. The van der Waals surface area contributed by atoms with Gasteiger partial charge in [0, 0.05) is 5.39 Å². The number of ether oxygens (including phenoxy) is 1. The lowest BCUT2D eigenvalue weighted by atomic mass is 9.77. The molecule has 1 aromatic heterocycles. The van der Waals surface area contributed by atoms with E-state index in [1.54, 1.807) is 6.92 Å². The van der Waals surface area contributed by atoms with Crippen molar-refractivity contribution in [3.63, 3.8) is 0 Å². The van der Waals surface area contributed by atoms with E-state index >= 15 is 0 Å². The molecule has 0 bridgehead atoms. The van der Waals surface area contributed by atoms with Crippen molar-refractivity contribution in [1.82, 2.24) is 4.98 Å². The van der Waals surface area contributed by atoms with Crippen LogP contribution in [0.15, 0.2) is 6.07 Å². The first-order valence-corrected chi connectivity index (χ1v) is 8.45. The van der Waals surface area contributed by atoms with Gasteiger partial charge in [-0.05, 0) is 36.5 Å². The molecule has 0 amide bonds. The van der Waals surface area contributed by atoms with Crippen molar-refractivity contribution in [3.05, 3.63) is 34.3 Å². The Bertz CT molecular complexity index is 896. The van der Waals surface area contributed by atoms with Gasteiger partial charge in [0.05, 0.1) is 29.8 Å². The first-order chi connectivity index (χ1) is 11.9. The Labute approximate surface area is 145 Å². The number of aryl methyl sites for hydroxylation is 1. The van der Waals surface area contributed by atoms with Gasteiger partial charge >= 0.3 is 5.97 Å². The number of benzene rings is 1. The molecule has 2 heterocycles. The number of nitriles is 1. The molecule has 1 unspecified atom stereocenters. The highest BCUT2D eigenvalue weighted by Crippen LogP contribution is 2.46. The van der Waals surface area contributed by atoms with Crippen LogP contribution in [0.3, 0.4) is 0 Å². The zero-order chi connectivity index (χ0) is 18.4. The van der Waals surface area contributed by atoms with Crippen LogP contribution in [0.5, 0.6) is 0 Å². The molecular weight excluding hydrogens is 323 g/mol. The van der Waals surface area contributed by atoms with E-state index < -0.39 is 17.4 Å². The van der Waals surface area contributed by atoms with Crippen molar-refractivity contribution in [3.8, 4) is 6.07 Å². The van der Waals surface area contributed by atoms with Crippen LogP contribution in [0.1, 0.15) is 49.1 Å². The molecule has 0 saturated carbocycles. The van der Waals surface area contributed by atoms with E-state index in [0.717, 1.165) is 12.0 Å². The number of hydrogen-bond acceptors (Lipinski definition) is 3. The highest BCUT2D eigenvalue weighted by Gasteiger charge is 2.46. The Morgan fingerprint density at radius 3 is 2.92 bits per heavy atom. The number of aromatic amines is 1. The van der Waals surface area contributed by atoms with Crippen molar-refractivity contribution >= 4 is 16.9 Å². The molecule has 2 aromatic rings. The van der Waals surface area contributed by atoms with E-state index in [1.165, 1.54) is 6.07 Å². The number of carbonyl (C=O) groups is 1. The summed E-state index contributed by atoms with van der Waals surface area (Å²) in [7, 11) is 0. The van der Waals surface area contributed by atoms with E-state index in [-0.39, 0.29) is 17.9 Å². The van der Waals surface area contributed by atoms with Crippen molar-refractivity contribution in [2.45, 2.75) is 45.6 Å². The molecule has 0 radical (unpaired) electrons. The summed E-state index contributed by atoms with van der Waals surface area (Å²) in [5.41, 5.74) is 1.87. The van der Waals surface area contributed by atoms with Crippen LogP contribution >= 0.6 is 0 Å². The first-order valence-electron chi connectivity index (χ1n) is 8.45. The summed E-state index contributed by atoms with van der Waals surface area (Å²) in [5.74, 6) is -1.55. The summed E-state index contributed by atoms with van der Waals surface area (Å²) >= 11 is 0. The van der Waals surface area contributed by atoms with Gasteiger partial charge in [-0.2, -0.15) is 5.26 Å². The molecule has 3 rings (SSSR count). The molecular formula is C19H21FN2O3. The molecule has 1 aliphatic rings. The number of hydrogen-bond donors (Lipinski definition) is 2. The van der Waals surface area contributed by atoms with Gasteiger partial charge in [0.25, 0.3) is 0 Å². The molecule has 0 spiro atoms. The second kappa shape index (κ2) is 6.16. The second-order valence-corrected chi connectivity index (χ2v) is 6.76. The number of aliphatic carboxylic acids is 1. The third-order valence-corrected chi connectivity index (χ3v) is 5.40. The lowest BCUT2D eigenvalue weighted by molar-refractivity contribution is -0.155. The molecule has 0 aliphatic carbocycles. The number of carboxylic acid groups (broad SMARTS) is 1. The van der Waals surface area contributed by atoms with Gasteiger partial charge < -0.3 is 14.8 Å². The summed E-state index contributed by atoms with van der Waals surface area (Å²) in [5, 5.41) is 19.5. The first kappa shape index (κ1) is 17.4. The Morgan fingerprint density at radius 2 is 2.32 bits per heavy atom. The van der Waals surface area contributed by atoms with Crippen LogP contribution in [0, 0.1) is 30.0 Å². The highest BCUT2D eigenvalue weighted by molar-refractivity contribution is 5.93. The standard InChI is InChI=1S/C19H21FN2O3/c1-4-11(3)19(8-15(23)24)18-12(5-6-25-19)16-13(9-21)14(20)7-10(2)17(16)22-18/h7,11,22H,4-6,8H2,1-3H3,(H,23,24)/t11?,19-/m0/s1. The van der Waals surface area contributed by atoms with Crippen LogP contribution in [0.2, 0.25) is 0 Å². The van der Waals surface area contributed by atoms with Crippen LogP contribution in [0.4, 0.5) is 4.39 Å². The maximum Gasteiger partial charge on any atom is 0.306 e. The van der Waals surface area contributed by atoms with Gasteiger partial charge in [0.1, 0.15) is 17.5 Å². The van der Waals surface area contributed by atoms with Gasteiger partial charge in [-0.15, -0.1) is 0 Å². The number of aromatic nitrogens is 1. The number of halogens is 1. The molecule has 1 aliphatic heterocycles. The molecule has 2 atom stereocenters. The molecule has 0 saturated heterocycles. The monoisotopic (exact) mass is 344 g/mol. The maximum atomic E-state index is 14.3. The average molecular weight is 344 g/mol. The third-order valence-electron chi connectivity index (χ3n) is 5.40. The fraction of sp³-hybridized carbons (Fsp3) is 0.474. The zero-order valence-electron chi connectivity index (χ0n) is 14.6. The van der Waals surface area contributed by atoms with E-state index in [2.05, 4.69) is 4.98 Å². The number of carboxylic acids is 1.